The Morgan fingerprint density at radius 1 is 1.03 bits per heavy atom. The fraction of sp³-hybridized carbons (Fsp3) is 0.448. The van der Waals surface area contributed by atoms with Crippen LogP contribution in [0, 0.1) is 0 Å². The summed E-state index contributed by atoms with van der Waals surface area (Å²) in [5, 5.41) is 3.54. The molecular formula is C29H36N6O3S. The fourth-order valence-electron chi connectivity index (χ4n) is 6.01. The van der Waals surface area contributed by atoms with Crippen LogP contribution in [0.5, 0.6) is 6.01 Å². The SMILES string of the molecule is C=CS(=O)(=O)N1CCN(c2nc(OC[C@@H]3CCCN3C)nc3c2CN(Cc2cccc4ccccc24)C3)CC1. The molecule has 3 aliphatic heterocycles. The Bertz CT molecular complexity index is 1470. The molecule has 0 aliphatic carbocycles. The van der Waals surface area contributed by atoms with Gasteiger partial charge in [0.1, 0.15) is 12.4 Å². The van der Waals surface area contributed by atoms with Crippen LogP contribution < -0.4 is 9.64 Å². The Hall–Kier alpha value is -3.05. The highest BCUT2D eigenvalue weighted by Gasteiger charge is 2.32. The summed E-state index contributed by atoms with van der Waals surface area (Å²) in [7, 11) is -1.29. The maximum atomic E-state index is 12.3. The number of anilines is 1. The summed E-state index contributed by atoms with van der Waals surface area (Å²) in [4.78, 5) is 16.7. The summed E-state index contributed by atoms with van der Waals surface area (Å²) in [6, 6.07) is 15.8. The maximum Gasteiger partial charge on any atom is 0.318 e. The van der Waals surface area contributed by atoms with Gasteiger partial charge in [0, 0.05) is 62.8 Å². The van der Waals surface area contributed by atoms with Gasteiger partial charge in [0.05, 0.1) is 5.69 Å². The molecule has 0 saturated carbocycles. The normalized spacial score (nSPS) is 20.9. The summed E-state index contributed by atoms with van der Waals surface area (Å²) in [6.07, 6.45) is 2.30. The number of aromatic nitrogens is 2. The number of nitrogens with zero attached hydrogens (tertiary/aromatic N) is 6. The van der Waals surface area contributed by atoms with Crippen LogP contribution in [0.15, 0.2) is 54.5 Å². The Kier molecular flexibility index (Phi) is 7.28. The molecule has 0 amide bonds. The van der Waals surface area contributed by atoms with Crippen molar-refractivity contribution in [1.29, 1.82) is 0 Å². The van der Waals surface area contributed by atoms with Gasteiger partial charge in [-0.05, 0) is 42.8 Å². The molecule has 0 unspecified atom stereocenters. The van der Waals surface area contributed by atoms with E-state index in [1.165, 1.54) is 27.1 Å². The van der Waals surface area contributed by atoms with Crippen LogP contribution in [0.4, 0.5) is 5.82 Å². The van der Waals surface area contributed by atoms with Gasteiger partial charge in [-0.3, -0.25) is 4.90 Å². The number of fused-ring (bicyclic) bond motifs is 2. The quantitative estimate of drug-likeness (QED) is 0.425. The predicted molar refractivity (Wildman–Crippen MR) is 153 cm³/mol. The predicted octanol–water partition coefficient (Wildman–Crippen LogP) is 3.21. The molecule has 0 N–H and O–H groups in total. The molecule has 39 heavy (non-hydrogen) atoms. The zero-order chi connectivity index (χ0) is 27.0. The van der Waals surface area contributed by atoms with E-state index in [0.29, 0.717) is 44.8 Å². The molecule has 0 spiro atoms. The summed E-state index contributed by atoms with van der Waals surface area (Å²) < 4.78 is 32.3. The Balaban J connectivity index is 1.25. The van der Waals surface area contributed by atoms with E-state index in [-0.39, 0.29) is 0 Å². The number of ether oxygens (including phenoxy) is 1. The second kappa shape index (κ2) is 10.8. The van der Waals surface area contributed by atoms with Crippen LogP contribution in [0.3, 0.4) is 0 Å². The minimum atomic E-state index is -3.43. The molecule has 1 atom stereocenters. The van der Waals surface area contributed by atoms with Crippen molar-refractivity contribution in [2.45, 2.75) is 38.5 Å². The lowest BCUT2D eigenvalue weighted by Crippen LogP contribution is -2.48. The van der Waals surface area contributed by atoms with Crippen LogP contribution in [0.25, 0.3) is 10.8 Å². The van der Waals surface area contributed by atoms with Crippen molar-refractivity contribution in [3.8, 4) is 6.01 Å². The van der Waals surface area contributed by atoms with Gasteiger partial charge in [-0.2, -0.15) is 14.3 Å². The largest absolute Gasteiger partial charge is 0.462 e. The minimum absolute atomic E-state index is 0.376. The number of hydrogen-bond donors (Lipinski definition) is 0. The van der Waals surface area contributed by atoms with Crippen LogP contribution in [0.1, 0.15) is 29.7 Å². The van der Waals surface area contributed by atoms with E-state index in [4.69, 9.17) is 14.7 Å². The van der Waals surface area contributed by atoms with Gasteiger partial charge < -0.3 is 14.5 Å². The number of hydrogen-bond acceptors (Lipinski definition) is 8. The molecule has 3 aromatic rings. The van der Waals surface area contributed by atoms with Crippen molar-refractivity contribution in [3.05, 3.63) is 71.3 Å². The summed E-state index contributed by atoms with van der Waals surface area (Å²) in [6.45, 7) is 9.32. The fourth-order valence-corrected chi connectivity index (χ4v) is 6.89. The highest BCUT2D eigenvalue weighted by Crippen LogP contribution is 2.33. The number of benzene rings is 2. The third-order valence-electron chi connectivity index (χ3n) is 8.26. The first-order valence-electron chi connectivity index (χ1n) is 13.7. The summed E-state index contributed by atoms with van der Waals surface area (Å²) in [5.41, 5.74) is 3.40. The lowest BCUT2D eigenvalue weighted by Gasteiger charge is -2.35. The lowest BCUT2D eigenvalue weighted by molar-refractivity contribution is 0.187. The molecule has 2 saturated heterocycles. The Labute approximate surface area is 230 Å². The smallest absolute Gasteiger partial charge is 0.318 e. The number of sulfonamides is 1. The first kappa shape index (κ1) is 26.2. The van der Waals surface area contributed by atoms with Crippen molar-refractivity contribution in [3.63, 3.8) is 0 Å². The van der Waals surface area contributed by atoms with E-state index in [0.717, 1.165) is 55.1 Å². The average Bonchev–Trinajstić information content (AvgIpc) is 3.56. The standard InChI is InChI=1S/C29H36N6O3S/c1-3-39(36,37)35-16-14-34(15-17-35)28-26-19-33(18-23-10-6-9-22-8-4-5-12-25(22)23)20-27(26)30-29(31-28)38-21-24-11-7-13-32(24)2/h3-6,8-10,12,24H,1,7,11,13-21H2,2H3/t24-/m0/s1. The number of rotatable bonds is 8. The monoisotopic (exact) mass is 548 g/mol. The van der Waals surface area contributed by atoms with Crippen LogP contribution in [-0.4, -0.2) is 84.9 Å². The van der Waals surface area contributed by atoms with E-state index >= 15 is 0 Å². The van der Waals surface area contributed by atoms with Crippen molar-refractivity contribution < 1.29 is 13.2 Å². The third kappa shape index (κ3) is 5.38. The highest BCUT2D eigenvalue weighted by molar-refractivity contribution is 7.92. The second-order valence-electron chi connectivity index (χ2n) is 10.7. The van der Waals surface area contributed by atoms with E-state index in [9.17, 15) is 8.42 Å². The van der Waals surface area contributed by atoms with Crippen molar-refractivity contribution in [1.82, 2.24) is 24.1 Å². The summed E-state index contributed by atoms with van der Waals surface area (Å²) >= 11 is 0. The molecule has 9 nitrogen and oxygen atoms in total. The molecule has 1 aromatic heterocycles. The molecule has 2 aromatic carbocycles. The average molecular weight is 549 g/mol. The van der Waals surface area contributed by atoms with E-state index in [2.05, 4.69) is 70.8 Å². The molecule has 6 rings (SSSR count). The van der Waals surface area contributed by atoms with Crippen molar-refractivity contribution in [2.75, 3.05) is 51.3 Å². The lowest BCUT2D eigenvalue weighted by atomic mass is 10.0. The zero-order valence-corrected chi connectivity index (χ0v) is 23.3. The van der Waals surface area contributed by atoms with Gasteiger partial charge >= 0.3 is 6.01 Å². The Morgan fingerprint density at radius 3 is 2.59 bits per heavy atom. The molecule has 0 bridgehead atoms. The molecule has 10 heteroatoms. The minimum Gasteiger partial charge on any atom is -0.462 e. The Morgan fingerprint density at radius 2 is 1.82 bits per heavy atom. The number of likely N-dealkylation sites (N-methyl/N-ethyl adjacent to an activating group) is 1. The molecular weight excluding hydrogens is 512 g/mol. The van der Waals surface area contributed by atoms with Gasteiger partial charge in [-0.1, -0.05) is 49.0 Å². The first-order chi connectivity index (χ1) is 18.9. The first-order valence-corrected chi connectivity index (χ1v) is 15.2. The summed E-state index contributed by atoms with van der Waals surface area (Å²) in [5.74, 6) is 0.867. The van der Waals surface area contributed by atoms with E-state index in [1.807, 2.05) is 0 Å². The van der Waals surface area contributed by atoms with E-state index in [1.54, 1.807) is 0 Å². The van der Waals surface area contributed by atoms with Gasteiger partial charge in [0.2, 0.25) is 10.0 Å². The van der Waals surface area contributed by atoms with E-state index < -0.39 is 10.0 Å². The van der Waals surface area contributed by atoms with Gasteiger partial charge in [-0.25, -0.2) is 8.42 Å². The van der Waals surface area contributed by atoms with Gasteiger partial charge in [0.15, 0.2) is 0 Å². The van der Waals surface area contributed by atoms with Crippen LogP contribution in [0.2, 0.25) is 0 Å². The maximum absolute atomic E-state index is 12.3. The molecule has 4 heterocycles. The van der Waals surface area contributed by atoms with Crippen LogP contribution in [-0.2, 0) is 29.7 Å². The number of piperazine rings is 1. The number of likely N-dealkylation sites (tertiary alicyclic amines) is 1. The van der Waals surface area contributed by atoms with Crippen molar-refractivity contribution >= 4 is 26.6 Å². The van der Waals surface area contributed by atoms with Gasteiger partial charge in [0.25, 0.3) is 0 Å². The van der Waals surface area contributed by atoms with Crippen LogP contribution >= 0.6 is 0 Å². The molecule has 0 radical (unpaired) electrons. The highest BCUT2D eigenvalue weighted by atomic mass is 32.2. The molecule has 2 fully saturated rings. The zero-order valence-electron chi connectivity index (χ0n) is 22.5. The molecule has 3 aliphatic rings. The van der Waals surface area contributed by atoms with Crippen molar-refractivity contribution in [2.24, 2.45) is 0 Å². The third-order valence-corrected chi connectivity index (χ3v) is 9.77. The second-order valence-corrected chi connectivity index (χ2v) is 12.6. The molecule has 206 valence electrons. The van der Waals surface area contributed by atoms with Gasteiger partial charge in [-0.15, -0.1) is 0 Å². The topological polar surface area (TPSA) is 82.1 Å².